The molecule has 138 valence electrons. The fraction of sp³-hybridized carbons (Fsp3) is 0.333. The first kappa shape index (κ1) is 17.4. The van der Waals surface area contributed by atoms with Crippen molar-refractivity contribution in [1.29, 1.82) is 0 Å². The highest BCUT2D eigenvalue weighted by molar-refractivity contribution is 5.92. The molecule has 0 aliphatic carbocycles. The van der Waals surface area contributed by atoms with Gasteiger partial charge in [-0.2, -0.15) is 0 Å². The normalized spacial score (nSPS) is 17.1. The summed E-state index contributed by atoms with van der Waals surface area (Å²) < 4.78 is 2.17. The molecule has 0 N–H and O–H groups in total. The zero-order valence-corrected chi connectivity index (χ0v) is 15.5. The number of aromatic nitrogens is 4. The number of nitrogens with zero attached hydrogens (tertiary/aromatic N) is 5. The zero-order valence-electron chi connectivity index (χ0n) is 15.5. The van der Waals surface area contributed by atoms with E-state index in [0.717, 1.165) is 43.0 Å². The van der Waals surface area contributed by atoms with Crippen molar-refractivity contribution in [1.82, 2.24) is 24.4 Å². The lowest BCUT2D eigenvalue weighted by atomic mass is 9.96. The van der Waals surface area contributed by atoms with Crippen LogP contribution in [0.1, 0.15) is 46.3 Å². The number of rotatable bonds is 4. The fourth-order valence-electron chi connectivity index (χ4n) is 3.70. The van der Waals surface area contributed by atoms with Crippen molar-refractivity contribution < 1.29 is 4.79 Å². The van der Waals surface area contributed by atoms with Crippen LogP contribution in [0.4, 0.5) is 0 Å². The molecule has 27 heavy (non-hydrogen) atoms. The summed E-state index contributed by atoms with van der Waals surface area (Å²) in [6.07, 6.45) is 9.52. The van der Waals surface area contributed by atoms with Crippen molar-refractivity contribution in [2.45, 2.75) is 32.2 Å². The molecular formula is C21H23N5O. The molecule has 4 rings (SSSR count). The minimum atomic E-state index is 0.00812. The lowest BCUT2D eigenvalue weighted by molar-refractivity contribution is 0.0697. The van der Waals surface area contributed by atoms with Gasteiger partial charge in [0, 0.05) is 49.5 Å². The third-order valence-corrected chi connectivity index (χ3v) is 5.00. The number of hydrogen-bond acceptors (Lipinski definition) is 4. The summed E-state index contributed by atoms with van der Waals surface area (Å²) in [4.78, 5) is 28.0. The van der Waals surface area contributed by atoms with E-state index in [4.69, 9.17) is 0 Å². The predicted octanol–water partition coefficient (Wildman–Crippen LogP) is 3.05. The van der Waals surface area contributed by atoms with Gasteiger partial charge in [0.1, 0.15) is 11.5 Å². The highest BCUT2D eigenvalue weighted by atomic mass is 16.2. The summed E-state index contributed by atoms with van der Waals surface area (Å²) >= 11 is 0. The van der Waals surface area contributed by atoms with Crippen LogP contribution in [0.2, 0.25) is 0 Å². The SMILES string of the molecule is Cc1cccc(C(=O)N2CCC[C@@H](c3nccn3Cc3cccnc3)C2)n1. The molecule has 3 aromatic heterocycles. The van der Waals surface area contributed by atoms with E-state index in [1.165, 1.54) is 0 Å². The van der Waals surface area contributed by atoms with Crippen molar-refractivity contribution in [3.05, 3.63) is 77.9 Å². The van der Waals surface area contributed by atoms with Gasteiger partial charge in [0.05, 0.1) is 6.54 Å². The van der Waals surface area contributed by atoms with Gasteiger partial charge in [0.2, 0.25) is 0 Å². The van der Waals surface area contributed by atoms with Crippen molar-refractivity contribution in [3.8, 4) is 0 Å². The molecule has 4 heterocycles. The molecule has 0 unspecified atom stereocenters. The molecule has 3 aromatic rings. The second kappa shape index (κ2) is 7.70. The highest BCUT2D eigenvalue weighted by Crippen LogP contribution is 2.27. The van der Waals surface area contributed by atoms with Crippen LogP contribution in [-0.2, 0) is 6.54 Å². The predicted molar refractivity (Wildman–Crippen MR) is 102 cm³/mol. The monoisotopic (exact) mass is 361 g/mol. The third kappa shape index (κ3) is 3.89. The van der Waals surface area contributed by atoms with Crippen LogP contribution in [0, 0.1) is 6.92 Å². The van der Waals surface area contributed by atoms with E-state index in [-0.39, 0.29) is 11.8 Å². The van der Waals surface area contributed by atoms with Gasteiger partial charge in [-0.25, -0.2) is 9.97 Å². The Kier molecular flexibility index (Phi) is 4.96. The number of carbonyl (C=O) groups excluding carboxylic acids is 1. The number of carbonyl (C=O) groups is 1. The molecule has 0 radical (unpaired) electrons. The summed E-state index contributed by atoms with van der Waals surface area (Å²) in [7, 11) is 0. The number of likely N-dealkylation sites (tertiary alicyclic amines) is 1. The number of aryl methyl sites for hydroxylation is 1. The Morgan fingerprint density at radius 1 is 1.22 bits per heavy atom. The largest absolute Gasteiger partial charge is 0.337 e. The van der Waals surface area contributed by atoms with Crippen LogP contribution in [-0.4, -0.2) is 43.4 Å². The maximum atomic E-state index is 12.9. The van der Waals surface area contributed by atoms with Gasteiger partial charge in [0.15, 0.2) is 0 Å². The Morgan fingerprint density at radius 3 is 2.96 bits per heavy atom. The van der Waals surface area contributed by atoms with E-state index in [1.807, 2.05) is 48.6 Å². The molecule has 0 spiro atoms. The maximum Gasteiger partial charge on any atom is 0.272 e. The number of amides is 1. The van der Waals surface area contributed by atoms with Crippen molar-refractivity contribution in [2.24, 2.45) is 0 Å². The van der Waals surface area contributed by atoms with Crippen LogP contribution in [0.15, 0.2) is 55.1 Å². The van der Waals surface area contributed by atoms with E-state index in [1.54, 1.807) is 12.3 Å². The maximum absolute atomic E-state index is 12.9. The molecule has 1 amide bonds. The van der Waals surface area contributed by atoms with Crippen molar-refractivity contribution in [2.75, 3.05) is 13.1 Å². The minimum Gasteiger partial charge on any atom is -0.337 e. The van der Waals surface area contributed by atoms with E-state index in [9.17, 15) is 4.79 Å². The molecule has 0 bridgehead atoms. The average Bonchev–Trinajstić information content (AvgIpc) is 3.16. The summed E-state index contributed by atoms with van der Waals surface area (Å²) in [6.45, 7) is 4.10. The van der Waals surface area contributed by atoms with Gasteiger partial charge in [-0.3, -0.25) is 9.78 Å². The molecule has 1 aliphatic rings. The summed E-state index contributed by atoms with van der Waals surface area (Å²) in [5.41, 5.74) is 2.53. The van der Waals surface area contributed by atoms with Crippen LogP contribution in [0.3, 0.4) is 0 Å². The van der Waals surface area contributed by atoms with Gasteiger partial charge in [-0.1, -0.05) is 12.1 Å². The molecule has 0 saturated carbocycles. The van der Waals surface area contributed by atoms with Gasteiger partial charge < -0.3 is 9.47 Å². The molecule has 1 fully saturated rings. The lowest BCUT2D eigenvalue weighted by Crippen LogP contribution is -2.40. The smallest absolute Gasteiger partial charge is 0.272 e. The van der Waals surface area contributed by atoms with Crippen molar-refractivity contribution >= 4 is 5.91 Å². The first-order valence-electron chi connectivity index (χ1n) is 9.33. The van der Waals surface area contributed by atoms with E-state index >= 15 is 0 Å². The van der Waals surface area contributed by atoms with Crippen molar-refractivity contribution in [3.63, 3.8) is 0 Å². The van der Waals surface area contributed by atoms with Crippen LogP contribution in [0.25, 0.3) is 0 Å². The second-order valence-corrected chi connectivity index (χ2v) is 7.03. The van der Waals surface area contributed by atoms with E-state index in [2.05, 4.69) is 25.6 Å². The third-order valence-electron chi connectivity index (χ3n) is 5.00. The molecule has 6 heteroatoms. The van der Waals surface area contributed by atoms with Crippen LogP contribution < -0.4 is 0 Å². The number of imidazole rings is 1. The Balaban J connectivity index is 1.51. The Labute approximate surface area is 158 Å². The highest BCUT2D eigenvalue weighted by Gasteiger charge is 2.28. The number of pyridine rings is 2. The standard InChI is InChI=1S/C21H23N5O/c1-16-5-2-8-19(24-16)21(27)26-11-4-7-18(15-26)20-23-10-12-25(20)14-17-6-3-9-22-13-17/h2-3,5-6,8-10,12-13,18H,4,7,11,14-15H2,1H3/t18-/m1/s1. The quantitative estimate of drug-likeness (QED) is 0.716. The number of hydrogen-bond donors (Lipinski definition) is 0. The molecule has 1 aliphatic heterocycles. The summed E-state index contributed by atoms with van der Waals surface area (Å²) in [6, 6.07) is 9.60. The Morgan fingerprint density at radius 2 is 2.15 bits per heavy atom. The van der Waals surface area contributed by atoms with Gasteiger partial charge in [-0.15, -0.1) is 0 Å². The molecule has 1 atom stereocenters. The Bertz CT molecular complexity index is 921. The lowest BCUT2D eigenvalue weighted by Gasteiger charge is -2.32. The minimum absolute atomic E-state index is 0.00812. The summed E-state index contributed by atoms with van der Waals surface area (Å²) in [5, 5.41) is 0. The Hall–Kier alpha value is -3.02. The topological polar surface area (TPSA) is 63.9 Å². The molecular weight excluding hydrogens is 338 g/mol. The average molecular weight is 361 g/mol. The van der Waals surface area contributed by atoms with Gasteiger partial charge in [0.25, 0.3) is 5.91 Å². The molecule has 0 aromatic carbocycles. The van der Waals surface area contributed by atoms with Gasteiger partial charge in [-0.05, 0) is 43.5 Å². The first-order valence-corrected chi connectivity index (χ1v) is 9.33. The first-order chi connectivity index (χ1) is 13.2. The van der Waals surface area contributed by atoms with E-state index < -0.39 is 0 Å². The second-order valence-electron chi connectivity index (χ2n) is 7.03. The van der Waals surface area contributed by atoms with Crippen LogP contribution in [0.5, 0.6) is 0 Å². The molecule has 1 saturated heterocycles. The molecule has 6 nitrogen and oxygen atoms in total. The fourth-order valence-corrected chi connectivity index (χ4v) is 3.70. The zero-order chi connectivity index (χ0) is 18.6. The summed E-state index contributed by atoms with van der Waals surface area (Å²) in [5.74, 6) is 1.28. The van der Waals surface area contributed by atoms with Crippen LogP contribution >= 0.6 is 0 Å². The van der Waals surface area contributed by atoms with E-state index in [0.29, 0.717) is 12.2 Å². The van der Waals surface area contributed by atoms with Gasteiger partial charge >= 0.3 is 0 Å². The number of piperidine rings is 1.